The Hall–Kier alpha value is -1.62. The van der Waals surface area contributed by atoms with E-state index in [0.717, 1.165) is 12.8 Å². The summed E-state index contributed by atoms with van der Waals surface area (Å²) in [6.45, 7) is 1.55. The van der Waals surface area contributed by atoms with Crippen LogP contribution in [0.4, 0.5) is 4.39 Å². The van der Waals surface area contributed by atoms with Gasteiger partial charge in [-0.2, -0.15) is 0 Å². The Kier molecular flexibility index (Phi) is 6.79. The molecule has 0 aromatic heterocycles. The van der Waals surface area contributed by atoms with Crippen molar-refractivity contribution < 1.29 is 13.9 Å². The quantitative estimate of drug-likeness (QED) is 0.688. The van der Waals surface area contributed by atoms with E-state index in [1.54, 1.807) is 19.2 Å². The Bertz CT molecular complexity index is 355. The highest BCUT2D eigenvalue weighted by atomic mass is 19.1. The Morgan fingerprint density at radius 2 is 2.00 bits per heavy atom. The van der Waals surface area contributed by atoms with Crippen LogP contribution in [0.1, 0.15) is 12.8 Å². The Morgan fingerprint density at radius 3 is 2.67 bits per heavy atom. The van der Waals surface area contributed by atoms with Crippen LogP contribution in [0.3, 0.4) is 0 Å². The SMILES string of the molecule is CNCC(=O)NCCCCOc1ccc(F)cc1. The zero-order chi connectivity index (χ0) is 13.2. The predicted molar refractivity (Wildman–Crippen MR) is 68.1 cm³/mol. The van der Waals surface area contributed by atoms with Crippen molar-refractivity contribution in [3.63, 3.8) is 0 Å². The summed E-state index contributed by atoms with van der Waals surface area (Å²) in [5.41, 5.74) is 0. The van der Waals surface area contributed by atoms with E-state index in [2.05, 4.69) is 10.6 Å². The number of benzene rings is 1. The molecule has 0 saturated carbocycles. The number of amides is 1. The van der Waals surface area contributed by atoms with Gasteiger partial charge in [-0.25, -0.2) is 4.39 Å². The van der Waals surface area contributed by atoms with Gasteiger partial charge >= 0.3 is 0 Å². The minimum Gasteiger partial charge on any atom is -0.494 e. The van der Waals surface area contributed by atoms with Crippen molar-refractivity contribution in [3.8, 4) is 5.75 Å². The molecule has 0 spiro atoms. The van der Waals surface area contributed by atoms with E-state index in [-0.39, 0.29) is 11.7 Å². The summed E-state index contributed by atoms with van der Waals surface area (Å²) >= 11 is 0. The van der Waals surface area contributed by atoms with E-state index in [4.69, 9.17) is 4.74 Å². The molecule has 2 N–H and O–H groups in total. The first-order valence-electron chi connectivity index (χ1n) is 6.02. The standard InChI is InChI=1S/C13H19FN2O2/c1-15-10-13(17)16-8-2-3-9-18-12-6-4-11(14)5-7-12/h4-7,15H,2-3,8-10H2,1H3,(H,16,17). The van der Waals surface area contributed by atoms with Gasteiger partial charge in [-0.15, -0.1) is 0 Å². The minimum absolute atomic E-state index is 0.00282. The highest BCUT2D eigenvalue weighted by molar-refractivity contribution is 5.77. The van der Waals surface area contributed by atoms with Gasteiger partial charge in [0.05, 0.1) is 13.2 Å². The van der Waals surface area contributed by atoms with Crippen LogP contribution in [0.5, 0.6) is 5.75 Å². The van der Waals surface area contributed by atoms with Crippen molar-refractivity contribution in [1.82, 2.24) is 10.6 Å². The number of likely N-dealkylation sites (N-methyl/N-ethyl adjacent to an activating group) is 1. The summed E-state index contributed by atoms with van der Waals surface area (Å²) in [5, 5.41) is 5.56. The third-order valence-corrected chi connectivity index (χ3v) is 2.31. The third-order valence-electron chi connectivity index (χ3n) is 2.31. The maximum atomic E-state index is 12.6. The fourth-order valence-electron chi connectivity index (χ4n) is 1.40. The van der Waals surface area contributed by atoms with Crippen molar-refractivity contribution in [3.05, 3.63) is 30.1 Å². The van der Waals surface area contributed by atoms with Crippen LogP contribution < -0.4 is 15.4 Å². The number of halogens is 1. The number of ether oxygens (including phenoxy) is 1. The van der Waals surface area contributed by atoms with E-state index in [0.29, 0.717) is 25.4 Å². The van der Waals surface area contributed by atoms with Crippen molar-refractivity contribution >= 4 is 5.91 Å². The summed E-state index contributed by atoms with van der Waals surface area (Å²) in [6, 6.07) is 5.94. The van der Waals surface area contributed by atoms with Gasteiger partial charge in [0, 0.05) is 6.54 Å². The lowest BCUT2D eigenvalue weighted by Crippen LogP contribution is -2.32. The zero-order valence-corrected chi connectivity index (χ0v) is 10.5. The molecule has 0 saturated heterocycles. The second-order valence-corrected chi connectivity index (χ2v) is 3.89. The fourth-order valence-corrected chi connectivity index (χ4v) is 1.40. The third kappa shape index (κ3) is 6.20. The summed E-state index contributed by atoms with van der Waals surface area (Å²) in [6.07, 6.45) is 1.70. The lowest BCUT2D eigenvalue weighted by Gasteiger charge is -2.07. The van der Waals surface area contributed by atoms with Crippen LogP contribution in [0, 0.1) is 5.82 Å². The zero-order valence-electron chi connectivity index (χ0n) is 10.5. The fraction of sp³-hybridized carbons (Fsp3) is 0.462. The van der Waals surface area contributed by atoms with Gasteiger partial charge in [0.2, 0.25) is 5.91 Å². The van der Waals surface area contributed by atoms with Gasteiger partial charge in [0.25, 0.3) is 0 Å². The molecule has 100 valence electrons. The van der Waals surface area contributed by atoms with Crippen LogP contribution in [0.25, 0.3) is 0 Å². The Balaban J connectivity index is 2.02. The van der Waals surface area contributed by atoms with Crippen molar-refractivity contribution in [2.45, 2.75) is 12.8 Å². The molecule has 1 aromatic carbocycles. The van der Waals surface area contributed by atoms with Crippen LogP contribution in [0.15, 0.2) is 24.3 Å². The predicted octanol–water partition coefficient (Wildman–Crippen LogP) is 1.32. The first-order valence-corrected chi connectivity index (χ1v) is 6.02. The molecule has 0 aliphatic carbocycles. The summed E-state index contributed by atoms with van der Waals surface area (Å²) in [5.74, 6) is 0.391. The highest BCUT2D eigenvalue weighted by Crippen LogP contribution is 2.11. The lowest BCUT2D eigenvalue weighted by molar-refractivity contribution is -0.120. The Labute approximate surface area is 107 Å². The second kappa shape index (κ2) is 8.47. The van der Waals surface area contributed by atoms with Gasteiger partial charge in [-0.05, 0) is 44.2 Å². The largest absolute Gasteiger partial charge is 0.494 e. The molecular weight excluding hydrogens is 235 g/mol. The van der Waals surface area contributed by atoms with Crippen molar-refractivity contribution in [2.75, 3.05) is 26.7 Å². The normalized spacial score (nSPS) is 10.1. The highest BCUT2D eigenvalue weighted by Gasteiger charge is 1.98. The molecule has 0 unspecified atom stereocenters. The molecule has 1 amide bonds. The number of carbonyl (C=O) groups excluding carboxylic acids is 1. The average Bonchev–Trinajstić information content (AvgIpc) is 2.36. The molecule has 0 aliphatic rings. The monoisotopic (exact) mass is 254 g/mol. The van der Waals surface area contributed by atoms with Crippen molar-refractivity contribution in [2.24, 2.45) is 0 Å². The molecule has 0 fully saturated rings. The maximum Gasteiger partial charge on any atom is 0.233 e. The van der Waals surface area contributed by atoms with Gasteiger partial charge in [0.1, 0.15) is 11.6 Å². The summed E-state index contributed by atoms with van der Waals surface area (Å²) in [7, 11) is 1.73. The molecule has 0 radical (unpaired) electrons. The molecule has 0 aliphatic heterocycles. The van der Waals surface area contributed by atoms with E-state index in [1.165, 1.54) is 12.1 Å². The van der Waals surface area contributed by atoms with Crippen molar-refractivity contribution in [1.29, 1.82) is 0 Å². The minimum atomic E-state index is -0.269. The van der Waals surface area contributed by atoms with E-state index in [9.17, 15) is 9.18 Å². The van der Waals surface area contributed by atoms with E-state index >= 15 is 0 Å². The molecule has 18 heavy (non-hydrogen) atoms. The molecule has 0 heterocycles. The van der Waals surface area contributed by atoms with Crippen LogP contribution in [-0.2, 0) is 4.79 Å². The number of hydrogen-bond donors (Lipinski definition) is 2. The number of hydrogen-bond acceptors (Lipinski definition) is 3. The lowest BCUT2D eigenvalue weighted by atomic mass is 10.3. The molecule has 5 heteroatoms. The summed E-state index contributed by atoms with van der Waals surface area (Å²) < 4.78 is 18.0. The summed E-state index contributed by atoms with van der Waals surface area (Å²) in [4.78, 5) is 11.1. The van der Waals surface area contributed by atoms with Gasteiger partial charge in [-0.1, -0.05) is 0 Å². The van der Waals surface area contributed by atoms with E-state index < -0.39 is 0 Å². The van der Waals surface area contributed by atoms with Gasteiger partial charge < -0.3 is 15.4 Å². The average molecular weight is 254 g/mol. The molecule has 0 atom stereocenters. The second-order valence-electron chi connectivity index (χ2n) is 3.89. The number of carbonyl (C=O) groups is 1. The first-order chi connectivity index (χ1) is 8.72. The molecule has 0 bridgehead atoms. The smallest absolute Gasteiger partial charge is 0.233 e. The number of rotatable bonds is 8. The molecule has 4 nitrogen and oxygen atoms in total. The first kappa shape index (κ1) is 14.4. The van der Waals surface area contributed by atoms with E-state index in [1.807, 2.05) is 0 Å². The number of unbranched alkanes of at least 4 members (excludes halogenated alkanes) is 1. The molecule has 1 rings (SSSR count). The van der Waals surface area contributed by atoms with Gasteiger partial charge in [-0.3, -0.25) is 4.79 Å². The van der Waals surface area contributed by atoms with Crippen LogP contribution in [0.2, 0.25) is 0 Å². The number of nitrogens with one attached hydrogen (secondary N) is 2. The van der Waals surface area contributed by atoms with Crippen LogP contribution >= 0.6 is 0 Å². The molecular formula is C13H19FN2O2. The topological polar surface area (TPSA) is 50.4 Å². The maximum absolute atomic E-state index is 12.6. The van der Waals surface area contributed by atoms with Gasteiger partial charge in [0.15, 0.2) is 0 Å². The molecule has 1 aromatic rings. The Morgan fingerprint density at radius 1 is 1.28 bits per heavy atom. The van der Waals surface area contributed by atoms with Crippen LogP contribution in [-0.4, -0.2) is 32.7 Å².